The van der Waals surface area contributed by atoms with E-state index in [9.17, 15) is 14.4 Å². The van der Waals surface area contributed by atoms with Crippen LogP contribution in [0.25, 0.3) is 0 Å². The van der Waals surface area contributed by atoms with Crippen molar-refractivity contribution < 1.29 is 82.9 Å². The van der Waals surface area contributed by atoms with Gasteiger partial charge in [-0.25, -0.2) is 0 Å². The van der Waals surface area contributed by atoms with Crippen molar-refractivity contribution in [3.05, 3.63) is 0 Å². The molecule has 0 aliphatic carbocycles. The maximum Gasteiger partial charge on any atom is 1.00 e. The van der Waals surface area contributed by atoms with Crippen LogP contribution in [0.15, 0.2) is 0 Å². The fourth-order valence-electron chi connectivity index (χ4n) is 0.750. The van der Waals surface area contributed by atoms with Crippen molar-refractivity contribution in [1.82, 2.24) is 0 Å². The molecule has 0 amide bonds. The Morgan fingerprint density at radius 1 is 1.14 bits per heavy atom. The summed E-state index contributed by atoms with van der Waals surface area (Å²) in [7, 11) is 0. The molecule has 1 unspecified atom stereocenters. The second-order valence-electron chi connectivity index (χ2n) is 3.92. The largest absolute Gasteiger partial charge is 1.00 e. The third-order valence-corrected chi connectivity index (χ3v) is 1.72. The molecule has 22 heavy (non-hydrogen) atoms. The van der Waals surface area contributed by atoms with Crippen LogP contribution < -0.4 is 69.1 Å². The second-order valence-corrected chi connectivity index (χ2v) is 6.07. The normalized spacial score (nSPS) is 10.7. The first-order chi connectivity index (χ1) is 9.43. The Morgan fingerprint density at radius 2 is 1.50 bits per heavy atom. The number of carbonyl (C=O) groups excluding carboxylic acids is 3. The zero-order chi connectivity index (χ0) is 17.5. The molecule has 0 spiro atoms. The van der Waals surface area contributed by atoms with Crippen molar-refractivity contribution in [2.24, 2.45) is 5.73 Å². The molecule has 0 radical (unpaired) electrons. The zero-order valence-corrected chi connectivity index (χ0v) is 17.1. The van der Waals surface area contributed by atoms with Crippen LogP contribution in [0.1, 0.15) is 39.5 Å². The van der Waals surface area contributed by atoms with Crippen LogP contribution in [0.3, 0.4) is 0 Å². The number of halogens is 1. The predicted octanol–water partition coefficient (Wildman–Crippen LogP) is -10.5. The minimum atomic E-state index is -5.94. The molecule has 0 heterocycles. The molecule has 3 N–H and O–H groups in total. The van der Waals surface area contributed by atoms with Crippen molar-refractivity contribution in [2.45, 2.75) is 45.6 Å². The van der Waals surface area contributed by atoms with E-state index < -0.39 is 26.2 Å². The zero-order valence-electron chi connectivity index (χ0n) is 13.0. The van der Waals surface area contributed by atoms with Crippen LogP contribution in [0, 0.1) is 0 Å². The van der Waals surface area contributed by atoms with E-state index >= 15 is 0 Å². The summed E-state index contributed by atoms with van der Waals surface area (Å²) in [6.45, 7) is 3.22. The van der Waals surface area contributed by atoms with E-state index in [0.717, 1.165) is 6.29 Å². The third-order valence-electron chi connectivity index (χ3n) is 1.72. The van der Waals surface area contributed by atoms with Gasteiger partial charge in [0.05, 0.1) is 6.10 Å². The molecule has 0 aromatic heterocycles. The maximum absolute atomic E-state index is 10.3. The number of hydrogen-bond acceptors (Lipinski definition) is 9. The molecule has 0 aromatic carbocycles. The van der Waals surface area contributed by atoms with E-state index in [0.29, 0.717) is 25.7 Å². The van der Waals surface area contributed by atoms with Crippen LogP contribution in [-0.2, 0) is 14.4 Å². The summed E-state index contributed by atoms with van der Waals surface area (Å²) in [6, 6.07) is 0. The number of rotatable bonds is 7. The number of aldehydes is 1. The Kier molecular flexibility index (Phi) is 27.0. The van der Waals surface area contributed by atoms with E-state index in [4.69, 9.17) is 24.6 Å². The van der Waals surface area contributed by atoms with Crippen molar-refractivity contribution in [2.75, 3.05) is 6.54 Å². The van der Waals surface area contributed by atoms with Gasteiger partial charge in [-0.2, -0.15) is 0 Å². The van der Waals surface area contributed by atoms with Gasteiger partial charge in [-0.05, 0) is 20.3 Å². The van der Waals surface area contributed by atoms with Gasteiger partial charge in [0.1, 0.15) is 37.9 Å². The van der Waals surface area contributed by atoms with E-state index in [-0.39, 0.29) is 47.7 Å². The molecular formula is C11H21INNaO8. The van der Waals surface area contributed by atoms with E-state index in [2.05, 4.69) is 0 Å². The van der Waals surface area contributed by atoms with Gasteiger partial charge >= 0.3 is 29.6 Å². The first-order valence-electron chi connectivity index (χ1n) is 5.86. The maximum atomic E-state index is 10.3. The molecule has 11 heteroatoms. The van der Waals surface area contributed by atoms with E-state index in [1.165, 1.54) is 13.8 Å². The first kappa shape index (κ1) is 30.4. The molecule has 0 saturated heterocycles. The molecule has 0 rings (SSSR count). The summed E-state index contributed by atoms with van der Waals surface area (Å²) in [4.78, 5) is 29.9. The minimum Gasteiger partial charge on any atom is -0.392 e. The van der Waals surface area contributed by atoms with Gasteiger partial charge in [0.25, 0.3) is 0 Å². The van der Waals surface area contributed by atoms with Crippen LogP contribution in [-0.4, -0.2) is 35.6 Å². The van der Waals surface area contributed by atoms with Crippen LogP contribution in [0.4, 0.5) is 0 Å². The summed E-state index contributed by atoms with van der Waals surface area (Å²) < 4.78 is 34.5. The van der Waals surface area contributed by atoms with Crippen molar-refractivity contribution >= 4 is 17.9 Å². The Labute approximate surface area is 157 Å². The molecule has 0 bridgehead atoms. The van der Waals surface area contributed by atoms with Gasteiger partial charge in [0.15, 0.2) is 0 Å². The number of carbonyl (C=O) groups is 3. The number of aliphatic hydroxyl groups is 1. The topological polar surface area (TPSA) is 190 Å². The number of nitrogens with two attached hydrogens (primary N) is 1. The minimum absolute atomic E-state index is 0. The summed E-state index contributed by atoms with van der Waals surface area (Å²) in [5.41, 5.74) is 5.10. The molecule has 0 aromatic rings. The third kappa shape index (κ3) is 58.9. The number of ketones is 2. The van der Waals surface area contributed by atoms with Crippen molar-refractivity contribution in [1.29, 1.82) is 0 Å². The van der Waals surface area contributed by atoms with Crippen molar-refractivity contribution in [3.8, 4) is 0 Å². The average Bonchev–Trinajstić information content (AvgIpc) is 2.32. The average molecular weight is 445 g/mol. The number of aliphatic hydroxyl groups excluding tert-OH is 1. The predicted molar refractivity (Wildman–Crippen MR) is 61.0 cm³/mol. The van der Waals surface area contributed by atoms with Crippen LogP contribution in [0.5, 0.6) is 0 Å². The first-order valence-corrected chi connectivity index (χ1v) is 9.38. The molecule has 0 saturated carbocycles. The fourth-order valence-corrected chi connectivity index (χ4v) is 0.750. The van der Waals surface area contributed by atoms with Gasteiger partial charge < -0.3 is 25.2 Å². The summed E-state index contributed by atoms with van der Waals surface area (Å²) in [5, 5.41) is 8.83. The Balaban J connectivity index is -0.000000113. The standard InChI is InChI=1S/C6H13NO2.C5H8O2.IO4.Na/c1-5(8)2-3-6(9)4-7;1-5(7)3-2-4-6;2-1(3,4)5;/h6,9H,2-4,7H2,1H3;4H,2-3H2,1H3;;/q;;-1;+1. The van der Waals surface area contributed by atoms with Crippen molar-refractivity contribution in [3.63, 3.8) is 0 Å². The van der Waals surface area contributed by atoms with Crippen LogP contribution in [0.2, 0.25) is 0 Å². The second kappa shape index (κ2) is 19.5. The molecule has 0 fully saturated rings. The van der Waals surface area contributed by atoms with Gasteiger partial charge in [-0.3, -0.25) is 13.7 Å². The van der Waals surface area contributed by atoms with E-state index in [1.807, 2.05) is 0 Å². The van der Waals surface area contributed by atoms with Gasteiger partial charge in [0, 0.05) is 25.8 Å². The fraction of sp³-hybridized carbons (Fsp3) is 0.727. The van der Waals surface area contributed by atoms with Gasteiger partial charge in [-0.15, -0.1) is 0 Å². The molecule has 1 atom stereocenters. The number of hydrogen-bond donors (Lipinski definition) is 2. The Hall–Kier alpha value is 0.500. The number of Topliss-reactive ketones (excluding diaryl/α,β-unsaturated/α-hetero) is 2. The van der Waals surface area contributed by atoms with Crippen LogP contribution >= 0.6 is 0 Å². The summed E-state index contributed by atoms with van der Waals surface area (Å²) >= 11 is -5.94. The Bertz CT molecular complexity index is 292. The Morgan fingerprint density at radius 3 is 1.68 bits per heavy atom. The quantitative estimate of drug-likeness (QED) is 0.218. The summed E-state index contributed by atoms with van der Waals surface area (Å²) in [6.07, 6.45) is 1.93. The summed E-state index contributed by atoms with van der Waals surface area (Å²) in [5.74, 6) is 0.176. The monoisotopic (exact) mass is 445 g/mol. The van der Waals surface area contributed by atoms with Gasteiger partial charge in [-0.1, -0.05) is 0 Å². The van der Waals surface area contributed by atoms with E-state index in [1.54, 1.807) is 0 Å². The molecule has 0 aliphatic heterocycles. The SMILES string of the molecule is CC(=O)CCC(O)CN.CC(=O)CCC=O.[Na+].[O-][I+3]([O-])([O-])[O-]. The smallest absolute Gasteiger partial charge is 0.392 e. The molecule has 0 aliphatic rings. The molecule has 9 nitrogen and oxygen atoms in total. The molecule has 126 valence electrons. The molecular weight excluding hydrogens is 424 g/mol. The van der Waals surface area contributed by atoms with Gasteiger partial charge in [0.2, 0.25) is 0 Å².